The highest BCUT2D eigenvalue weighted by Gasteiger charge is 2.44. The second-order valence-corrected chi connectivity index (χ2v) is 5.57. The van der Waals surface area contributed by atoms with E-state index in [9.17, 15) is 0 Å². The number of hydrogen-bond donors (Lipinski definition) is 2. The molecule has 0 heterocycles. The van der Waals surface area contributed by atoms with Gasteiger partial charge in [0.15, 0.2) is 5.96 Å². The van der Waals surface area contributed by atoms with Crippen LogP contribution in [0, 0.1) is 17.8 Å². The number of anilines is 1. The summed E-state index contributed by atoms with van der Waals surface area (Å²) in [6.07, 6.45) is 5.70. The van der Waals surface area contributed by atoms with E-state index in [1.165, 1.54) is 25.7 Å². The fourth-order valence-corrected chi connectivity index (χ4v) is 2.85. The highest BCUT2D eigenvalue weighted by molar-refractivity contribution is 5.92. The number of nitrogens with two attached hydrogens (primary N) is 1. The first-order valence-corrected chi connectivity index (χ1v) is 6.95. The molecule has 3 N–H and O–H groups in total. The molecule has 2 aliphatic rings. The van der Waals surface area contributed by atoms with Gasteiger partial charge >= 0.3 is 0 Å². The maximum atomic E-state index is 5.89. The summed E-state index contributed by atoms with van der Waals surface area (Å²) in [6, 6.07) is 9.96. The molecule has 2 atom stereocenters. The molecule has 18 heavy (non-hydrogen) atoms. The van der Waals surface area contributed by atoms with E-state index in [1.807, 2.05) is 30.3 Å². The topological polar surface area (TPSA) is 50.4 Å². The van der Waals surface area contributed by atoms with Gasteiger partial charge in [-0.15, -0.1) is 0 Å². The van der Waals surface area contributed by atoms with Crippen molar-refractivity contribution in [3.8, 4) is 0 Å². The molecule has 0 amide bonds. The smallest absolute Gasteiger partial charge is 0.193 e. The number of para-hydroxylation sites is 1. The monoisotopic (exact) mass is 243 g/mol. The molecule has 2 aliphatic carbocycles. The lowest BCUT2D eigenvalue weighted by molar-refractivity contribution is 0.266. The van der Waals surface area contributed by atoms with Crippen LogP contribution in [-0.2, 0) is 0 Å². The largest absolute Gasteiger partial charge is 0.370 e. The van der Waals surface area contributed by atoms with E-state index in [0.29, 0.717) is 5.96 Å². The summed E-state index contributed by atoms with van der Waals surface area (Å²) in [5.41, 5.74) is 6.89. The Labute approximate surface area is 108 Å². The van der Waals surface area contributed by atoms with Crippen molar-refractivity contribution in [1.82, 2.24) is 0 Å². The van der Waals surface area contributed by atoms with Crippen molar-refractivity contribution in [2.75, 3.05) is 11.9 Å². The average molecular weight is 243 g/mol. The lowest BCUT2D eigenvalue weighted by Gasteiger charge is -2.25. The molecule has 0 aromatic heterocycles. The van der Waals surface area contributed by atoms with Gasteiger partial charge in [0.2, 0.25) is 0 Å². The Morgan fingerprint density at radius 3 is 2.72 bits per heavy atom. The number of nitrogens with zero attached hydrogens (tertiary/aromatic N) is 1. The van der Waals surface area contributed by atoms with Crippen molar-refractivity contribution in [1.29, 1.82) is 0 Å². The van der Waals surface area contributed by atoms with Crippen LogP contribution in [0.2, 0.25) is 0 Å². The van der Waals surface area contributed by atoms with Crippen molar-refractivity contribution < 1.29 is 0 Å². The molecule has 1 aromatic rings. The lowest BCUT2D eigenvalue weighted by atomic mass is 9.81. The molecule has 0 saturated heterocycles. The fourth-order valence-electron chi connectivity index (χ4n) is 2.85. The molecule has 0 unspecified atom stereocenters. The van der Waals surface area contributed by atoms with Crippen molar-refractivity contribution >= 4 is 11.6 Å². The first kappa shape index (κ1) is 11.6. The molecule has 0 bridgehead atoms. The Morgan fingerprint density at radius 2 is 2.06 bits per heavy atom. The number of hydrogen-bond acceptors (Lipinski definition) is 1. The molecule has 1 aromatic carbocycles. The molecule has 0 radical (unpaired) electrons. The van der Waals surface area contributed by atoms with Crippen molar-refractivity contribution in [3.63, 3.8) is 0 Å². The summed E-state index contributed by atoms with van der Waals surface area (Å²) in [4.78, 5) is 4.46. The third kappa shape index (κ3) is 2.66. The van der Waals surface area contributed by atoms with E-state index in [-0.39, 0.29) is 0 Å². The van der Waals surface area contributed by atoms with Crippen LogP contribution in [0.1, 0.15) is 25.7 Å². The summed E-state index contributed by atoms with van der Waals surface area (Å²) in [6.45, 7) is 0.896. The molecule has 3 nitrogen and oxygen atoms in total. The predicted molar refractivity (Wildman–Crippen MR) is 75.5 cm³/mol. The minimum Gasteiger partial charge on any atom is -0.370 e. The molecule has 2 saturated carbocycles. The minimum atomic E-state index is 0.542. The van der Waals surface area contributed by atoms with Gasteiger partial charge in [-0.1, -0.05) is 37.5 Å². The molecule has 0 aliphatic heterocycles. The predicted octanol–water partition coefficient (Wildman–Crippen LogP) is 2.85. The fraction of sp³-hybridized carbons (Fsp3) is 0.533. The quantitative estimate of drug-likeness (QED) is 0.631. The Bertz CT molecular complexity index is 423. The Kier molecular flexibility index (Phi) is 3.22. The summed E-state index contributed by atoms with van der Waals surface area (Å²) in [7, 11) is 0. The summed E-state index contributed by atoms with van der Waals surface area (Å²) < 4.78 is 0. The number of aliphatic imine (C=N–C) groups is 1. The Hall–Kier alpha value is -1.51. The molecule has 2 fully saturated rings. The average Bonchev–Trinajstić information content (AvgIpc) is 3.05. The maximum absolute atomic E-state index is 5.89. The van der Waals surface area contributed by atoms with E-state index in [4.69, 9.17) is 5.73 Å². The number of rotatable bonds is 4. The van der Waals surface area contributed by atoms with Crippen LogP contribution in [0.15, 0.2) is 35.3 Å². The zero-order valence-electron chi connectivity index (χ0n) is 10.7. The highest BCUT2D eigenvalue weighted by Crippen LogP contribution is 2.51. The maximum Gasteiger partial charge on any atom is 0.193 e. The summed E-state index contributed by atoms with van der Waals surface area (Å²) in [5, 5.41) is 3.12. The summed E-state index contributed by atoms with van der Waals surface area (Å²) in [5.74, 6) is 3.30. The van der Waals surface area contributed by atoms with Crippen LogP contribution >= 0.6 is 0 Å². The first-order valence-electron chi connectivity index (χ1n) is 6.95. The van der Waals surface area contributed by atoms with Gasteiger partial charge in [0.1, 0.15) is 0 Å². The molecule has 3 heteroatoms. The Morgan fingerprint density at radius 1 is 1.28 bits per heavy atom. The van der Waals surface area contributed by atoms with Gasteiger partial charge in [0.05, 0.1) is 0 Å². The van der Waals surface area contributed by atoms with Crippen LogP contribution in [0.5, 0.6) is 0 Å². The number of benzene rings is 1. The van der Waals surface area contributed by atoms with E-state index >= 15 is 0 Å². The van der Waals surface area contributed by atoms with Crippen LogP contribution in [-0.4, -0.2) is 12.5 Å². The van der Waals surface area contributed by atoms with E-state index in [1.54, 1.807) is 0 Å². The van der Waals surface area contributed by atoms with Gasteiger partial charge < -0.3 is 11.1 Å². The second-order valence-electron chi connectivity index (χ2n) is 5.57. The van der Waals surface area contributed by atoms with E-state index in [2.05, 4.69) is 10.3 Å². The minimum absolute atomic E-state index is 0.542. The molecular weight excluding hydrogens is 222 g/mol. The molecule has 0 spiro atoms. The number of nitrogens with one attached hydrogen (secondary N) is 1. The van der Waals surface area contributed by atoms with E-state index in [0.717, 1.165) is 30.0 Å². The zero-order valence-corrected chi connectivity index (χ0v) is 10.7. The van der Waals surface area contributed by atoms with Gasteiger partial charge in [0.25, 0.3) is 0 Å². The molecular formula is C15H21N3. The van der Waals surface area contributed by atoms with Gasteiger partial charge in [-0.3, -0.25) is 4.99 Å². The first-order chi connectivity index (χ1) is 8.83. The summed E-state index contributed by atoms with van der Waals surface area (Å²) >= 11 is 0. The van der Waals surface area contributed by atoms with Crippen LogP contribution < -0.4 is 11.1 Å². The van der Waals surface area contributed by atoms with Gasteiger partial charge in [0, 0.05) is 12.2 Å². The lowest BCUT2D eigenvalue weighted by Crippen LogP contribution is -2.23. The normalized spacial score (nSPS) is 27.7. The van der Waals surface area contributed by atoms with Crippen LogP contribution in [0.25, 0.3) is 0 Å². The van der Waals surface area contributed by atoms with Gasteiger partial charge in [-0.2, -0.15) is 0 Å². The third-order valence-electron chi connectivity index (χ3n) is 4.27. The van der Waals surface area contributed by atoms with Crippen molar-refractivity contribution in [2.24, 2.45) is 28.5 Å². The van der Waals surface area contributed by atoms with E-state index < -0.39 is 0 Å². The third-order valence-corrected chi connectivity index (χ3v) is 4.27. The standard InChI is InChI=1S/C15H21N3/c16-15(18-13-7-2-1-3-8-13)17-10-12-9-14(12)11-5-4-6-11/h1-3,7-8,11-12,14H,4-6,9-10H2,(H3,16,17,18)/t12-,14-/m0/s1. The van der Waals surface area contributed by atoms with Crippen molar-refractivity contribution in [2.45, 2.75) is 25.7 Å². The van der Waals surface area contributed by atoms with Gasteiger partial charge in [-0.25, -0.2) is 0 Å². The Balaban J connectivity index is 1.45. The SMILES string of the molecule is NC(=NC[C@@H]1C[C@H]1C1CCC1)Nc1ccccc1. The van der Waals surface area contributed by atoms with Crippen LogP contribution in [0.3, 0.4) is 0 Å². The second kappa shape index (κ2) is 5.01. The van der Waals surface area contributed by atoms with Crippen LogP contribution in [0.4, 0.5) is 5.69 Å². The molecule has 3 rings (SSSR count). The highest BCUT2D eigenvalue weighted by atomic mass is 15.1. The number of guanidine groups is 1. The van der Waals surface area contributed by atoms with Gasteiger partial charge in [-0.05, 0) is 36.3 Å². The molecule has 96 valence electrons. The zero-order chi connectivity index (χ0) is 12.4. The van der Waals surface area contributed by atoms with Crippen molar-refractivity contribution in [3.05, 3.63) is 30.3 Å².